The Morgan fingerprint density at radius 3 is 2.43 bits per heavy atom. The van der Waals surface area contributed by atoms with Gasteiger partial charge in [-0.25, -0.2) is 0 Å². The first-order chi connectivity index (χ1) is 6.65. The Morgan fingerprint density at radius 1 is 1.43 bits per heavy atom. The van der Waals surface area contributed by atoms with Gasteiger partial charge in [-0.2, -0.15) is 0 Å². The number of hydrogen-bond acceptors (Lipinski definition) is 1. The van der Waals surface area contributed by atoms with Crippen LogP contribution in [0.1, 0.15) is 39.5 Å². The van der Waals surface area contributed by atoms with Gasteiger partial charge in [-0.3, -0.25) is 4.79 Å². The van der Waals surface area contributed by atoms with Crippen molar-refractivity contribution in [1.82, 2.24) is 4.90 Å². The molecule has 2 nitrogen and oxygen atoms in total. The first kappa shape index (κ1) is 11.5. The van der Waals surface area contributed by atoms with E-state index in [9.17, 15) is 4.79 Å². The van der Waals surface area contributed by atoms with E-state index in [1.54, 1.807) is 0 Å². The van der Waals surface area contributed by atoms with Gasteiger partial charge in [0.05, 0.1) is 0 Å². The molecule has 0 aromatic heterocycles. The molecule has 2 heteroatoms. The SMILES string of the molecule is [CH2]CN(CC(C)C)C(=O)C1CCCC1. The third kappa shape index (κ3) is 3.00. The average molecular weight is 196 g/mol. The molecule has 0 aromatic carbocycles. The Bertz CT molecular complexity index is 183. The second kappa shape index (κ2) is 5.38. The van der Waals surface area contributed by atoms with Gasteiger partial charge in [-0.05, 0) is 25.7 Å². The van der Waals surface area contributed by atoms with Gasteiger partial charge in [-0.15, -0.1) is 0 Å². The molecule has 0 atom stereocenters. The number of carbonyl (C=O) groups is 1. The summed E-state index contributed by atoms with van der Waals surface area (Å²) >= 11 is 0. The standard InChI is InChI=1S/C12H22NO/c1-4-13(9-10(2)3)12(14)11-7-5-6-8-11/h10-11H,1,4-9H2,2-3H3. The minimum atomic E-state index is 0.301. The van der Waals surface area contributed by atoms with Gasteiger partial charge in [0.1, 0.15) is 0 Å². The highest BCUT2D eigenvalue weighted by Crippen LogP contribution is 2.26. The van der Waals surface area contributed by atoms with Crippen LogP contribution < -0.4 is 0 Å². The molecular formula is C12H22NO. The molecule has 81 valence electrons. The molecule has 1 aliphatic rings. The fourth-order valence-electron chi connectivity index (χ4n) is 2.16. The van der Waals surface area contributed by atoms with E-state index >= 15 is 0 Å². The quantitative estimate of drug-likeness (QED) is 0.676. The van der Waals surface area contributed by atoms with Crippen molar-refractivity contribution < 1.29 is 4.79 Å². The lowest BCUT2D eigenvalue weighted by Gasteiger charge is -2.25. The number of carbonyl (C=O) groups excluding carboxylic acids is 1. The second-order valence-corrected chi connectivity index (χ2v) is 4.66. The van der Waals surface area contributed by atoms with Crippen LogP contribution in [0.5, 0.6) is 0 Å². The Hall–Kier alpha value is -0.530. The number of hydrogen-bond donors (Lipinski definition) is 0. The normalized spacial score (nSPS) is 17.7. The minimum absolute atomic E-state index is 0.301. The molecule has 1 aliphatic carbocycles. The van der Waals surface area contributed by atoms with E-state index in [0.29, 0.717) is 24.3 Å². The van der Waals surface area contributed by atoms with Crippen molar-refractivity contribution in [3.8, 4) is 0 Å². The monoisotopic (exact) mass is 196 g/mol. The lowest BCUT2D eigenvalue weighted by atomic mass is 10.1. The fourth-order valence-corrected chi connectivity index (χ4v) is 2.16. The smallest absolute Gasteiger partial charge is 0.225 e. The summed E-state index contributed by atoms with van der Waals surface area (Å²) in [4.78, 5) is 13.9. The molecule has 1 rings (SSSR count). The molecule has 0 unspecified atom stereocenters. The molecule has 0 N–H and O–H groups in total. The predicted molar refractivity (Wildman–Crippen MR) is 58.7 cm³/mol. The first-order valence-electron chi connectivity index (χ1n) is 5.73. The van der Waals surface area contributed by atoms with E-state index < -0.39 is 0 Å². The Balaban J connectivity index is 2.46. The average Bonchev–Trinajstić information content (AvgIpc) is 2.65. The highest BCUT2D eigenvalue weighted by molar-refractivity contribution is 5.79. The van der Waals surface area contributed by atoms with Crippen molar-refractivity contribution in [3.05, 3.63) is 6.92 Å². The van der Waals surface area contributed by atoms with Crippen LogP contribution in [0.2, 0.25) is 0 Å². The summed E-state index contributed by atoms with van der Waals surface area (Å²) in [6.45, 7) is 9.60. The van der Waals surface area contributed by atoms with Crippen molar-refractivity contribution in [2.75, 3.05) is 13.1 Å². The molecule has 1 fully saturated rings. The third-order valence-corrected chi connectivity index (χ3v) is 2.87. The van der Waals surface area contributed by atoms with E-state index in [0.717, 1.165) is 19.4 Å². The molecule has 1 radical (unpaired) electrons. The van der Waals surface area contributed by atoms with Gasteiger partial charge in [-0.1, -0.05) is 26.7 Å². The van der Waals surface area contributed by atoms with Crippen molar-refractivity contribution in [2.45, 2.75) is 39.5 Å². The van der Waals surface area contributed by atoms with Gasteiger partial charge in [0, 0.05) is 19.0 Å². The second-order valence-electron chi connectivity index (χ2n) is 4.66. The zero-order chi connectivity index (χ0) is 10.6. The van der Waals surface area contributed by atoms with Crippen molar-refractivity contribution >= 4 is 5.91 Å². The summed E-state index contributed by atoms with van der Waals surface area (Å²) in [5, 5.41) is 0. The van der Waals surface area contributed by atoms with Gasteiger partial charge in [0.2, 0.25) is 5.91 Å². The van der Waals surface area contributed by atoms with Gasteiger partial charge < -0.3 is 4.90 Å². The van der Waals surface area contributed by atoms with Crippen LogP contribution in [0.4, 0.5) is 0 Å². The number of amides is 1. The Labute approximate surface area is 87.7 Å². The molecule has 1 saturated carbocycles. The van der Waals surface area contributed by atoms with Crippen molar-refractivity contribution in [1.29, 1.82) is 0 Å². The highest BCUT2D eigenvalue weighted by Gasteiger charge is 2.26. The minimum Gasteiger partial charge on any atom is -0.342 e. The summed E-state index contributed by atoms with van der Waals surface area (Å²) in [6, 6.07) is 0. The lowest BCUT2D eigenvalue weighted by molar-refractivity contribution is -0.135. The topological polar surface area (TPSA) is 20.3 Å². The van der Waals surface area contributed by atoms with Gasteiger partial charge in [0.15, 0.2) is 0 Å². The summed E-state index contributed by atoms with van der Waals surface area (Å²) in [6.07, 6.45) is 4.63. The predicted octanol–water partition coefficient (Wildman–Crippen LogP) is 2.50. The van der Waals surface area contributed by atoms with Crippen LogP contribution in [0, 0.1) is 18.8 Å². The summed E-state index contributed by atoms with van der Waals surface area (Å²) in [7, 11) is 0. The largest absolute Gasteiger partial charge is 0.342 e. The van der Waals surface area contributed by atoms with Crippen LogP contribution in [0.3, 0.4) is 0 Å². The third-order valence-electron chi connectivity index (χ3n) is 2.87. The maximum absolute atomic E-state index is 12.0. The maximum Gasteiger partial charge on any atom is 0.225 e. The van der Waals surface area contributed by atoms with E-state index in [1.807, 2.05) is 4.90 Å². The van der Waals surface area contributed by atoms with Crippen LogP contribution in [0.15, 0.2) is 0 Å². The molecule has 1 amide bonds. The van der Waals surface area contributed by atoms with Crippen molar-refractivity contribution in [3.63, 3.8) is 0 Å². The van der Waals surface area contributed by atoms with E-state index in [-0.39, 0.29) is 0 Å². The fraction of sp³-hybridized carbons (Fsp3) is 0.833. The Morgan fingerprint density at radius 2 is 2.00 bits per heavy atom. The number of rotatable bonds is 4. The molecule has 0 spiro atoms. The van der Waals surface area contributed by atoms with Crippen LogP contribution in [0.25, 0.3) is 0 Å². The summed E-state index contributed by atoms with van der Waals surface area (Å²) < 4.78 is 0. The highest BCUT2D eigenvalue weighted by atomic mass is 16.2. The molecule has 0 heterocycles. The summed E-state index contributed by atoms with van der Waals surface area (Å²) in [5.74, 6) is 1.18. The first-order valence-corrected chi connectivity index (χ1v) is 5.73. The van der Waals surface area contributed by atoms with E-state index in [4.69, 9.17) is 0 Å². The Kier molecular flexibility index (Phi) is 4.43. The molecule has 0 saturated heterocycles. The number of nitrogens with zero attached hydrogens (tertiary/aromatic N) is 1. The molecule has 14 heavy (non-hydrogen) atoms. The zero-order valence-corrected chi connectivity index (χ0v) is 9.46. The lowest BCUT2D eigenvalue weighted by Crippen LogP contribution is -2.37. The molecule has 0 aliphatic heterocycles. The maximum atomic E-state index is 12.0. The van der Waals surface area contributed by atoms with E-state index in [2.05, 4.69) is 20.8 Å². The van der Waals surface area contributed by atoms with Gasteiger partial charge >= 0.3 is 0 Å². The van der Waals surface area contributed by atoms with Gasteiger partial charge in [0.25, 0.3) is 0 Å². The van der Waals surface area contributed by atoms with Crippen molar-refractivity contribution in [2.24, 2.45) is 11.8 Å². The van der Waals surface area contributed by atoms with Crippen LogP contribution in [-0.4, -0.2) is 23.9 Å². The summed E-state index contributed by atoms with van der Waals surface area (Å²) in [5.41, 5.74) is 0. The van der Waals surface area contributed by atoms with Crippen LogP contribution >= 0.6 is 0 Å². The van der Waals surface area contributed by atoms with Crippen LogP contribution in [-0.2, 0) is 4.79 Å². The molecule has 0 bridgehead atoms. The molecular weight excluding hydrogens is 174 g/mol. The molecule has 0 aromatic rings. The van der Waals surface area contributed by atoms with E-state index in [1.165, 1.54) is 12.8 Å². The zero-order valence-electron chi connectivity index (χ0n) is 9.46.